The van der Waals surface area contributed by atoms with E-state index in [0.717, 1.165) is 35.6 Å². The van der Waals surface area contributed by atoms with Gasteiger partial charge in [0, 0.05) is 49.8 Å². The lowest BCUT2D eigenvalue weighted by molar-refractivity contribution is 0.0966. The summed E-state index contributed by atoms with van der Waals surface area (Å²) in [5.74, 6) is 1.19. The fourth-order valence-corrected chi connectivity index (χ4v) is 4.98. The maximum atomic E-state index is 12.6. The first-order valence-corrected chi connectivity index (χ1v) is 11.7. The SMILES string of the molecule is Cn1cncc1-c1cnc(Nc2ccc(N3CCC[C@H](C(C)(C)C)C3)cc2)c2c1CNC2=O. The fourth-order valence-electron chi connectivity index (χ4n) is 4.98. The normalized spacial score (nSPS) is 18.2. The average molecular weight is 445 g/mol. The molecule has 1 saturated heterocycles. The summed E-state index contributed by atoms with van der Waals surface area (Å²) in [4.78, 5) is 24.0. The van der Waals surface area contributed by atoms with Crippen LogP contribution in [0.3, 0.4) is 0 Å². The number of nitrogens with one attached hydrogen (secondary N) is 2. The van der Waals surface area contributed by atoms with Gasteiger partial charge in [-0.1, -0.05) is 20.8 Å². The van der Waals surface area contributed by atoms with Crippen LogP contribution in [0.5, 0.6) is 0 Å². The highest BCUT2D eigenvalue weighted by molar-refractivity contribution is 6.05. The highest BCUT2D eigenvalue weighted by atomic mass is 16.1. The molecule has 7 heteroatoms. The number of aromatic nitrogens is 3. The van der Waals surface area contributed by atoms with Crippen LogP contribution in [0.25, 0.3) is 11.3 Å². The number of hydrogen-bond donors (Lipinski definition) is 2. The van der Waals surface area contributed by atoms with Crippen LogP contribution < -0.4 is 15.5 Å². The van der Waals surface area contributed by atoms with Gasteiger partial charge in [-0.3, -0.25) is 4.79 Å². The van der Waals surface area contributed by atoms with Crippen molar-refractivity contribution in [3.8, 4) is 11.3 Å². The summed E-state index contributed by atoms with van der Waals surface area (Å²) in [5.41, 5.74) is 5.95. The Bertz CT molecular complexity index is 1170. The molecule has 4 heterocycles. The topological polar surface area (TPSA) is 75.1 Å². The predicted octanol–water partition coefficient (Wildman–Crippen LogP) is 4.73. The molecule has 2 aromatic heterocycles. The van der Waals surface area contributed by atoms with Crippen LogP contribution in [0.15, 0.2) is 43.0 Å². The minimum Gasteiger partial charge on any atom is -0.371 e. The molecule has 7 nitrogen and oxygen atoms in total. The Balaban J connectivity index is 1.38. The third kappa shape index (κ3) is 4.08. The Morgan fingerprint density at radius 3 is 2.64 bits per heavy atom. The number of benzene rings is 1. The number of fused-ring (bicyclic) bond motifs is 1. The molecule has 2 N–H and O–H groups in total. The molecule has 172 valence electrons. The fraction of sp³-hybridized carbons (Fsp3) is 0.423. The Morgan fingerprint density at radius 1 is 1.15 bits per heavy atom. The zero-order valence-corrected chi connectivity index (χ0v) is 19.9. The van der Waals surface area contributed by atoms with E-state index in [2.05, 4.69) is 70.5 Å². The molecule has 5 rings (SSSR count). The van der Waals surface area contributed by atoms with Crippen molar-refractivity contribution in [3.05, 3.63) is 54.1 Å². The van der Waals surface area contributed by atoms with E-state index in [1.165, 1.54) is 18.5 Å². The first kappa shape index (κ1) is 21.5. The molecule has 2 aliphatic rings. The quantitative estimate of drug-likeness (QED) is 0.608. The smallest absolute Gasteiger partial charge is 0.255 e. The number of hydrogen-bond acceptors (Lipinski definition) is 5. The lowest BCUT2D eigenvalue weighted by Gasteiger charge is -2.40. The molecule has 0 radical (unpaired) electrons. The number of amides is 1. The molecular weight excluding hydrogens is 412 g/mol. The van der Waals surface area contributed by atoms with Gasteiger partial charge in [-0.25, -0.2) is 9.97 Å². The van der Waals surface area contributed by atoms with E-state index < -0.39 is 0 Å². The highest BCUT2D eigenvalue weighted by Gasteiger charge is 2.30. The average Bonchev–Trinajstić information content (AvgIpc) is 3.40. The number of anilines is 3. The van der Waals surface area contributed by atoms with Gasteiger partial charge in [0.2, 0.25) is 0 Å². The molecular formula is C26H32N6O. The Hall–Kier alpha value is -3.35. The van der Waals surface area contributed by atoms with Crippen molar-refractivity contribution in [1.82, 2.24) is 19.9 Å². The Morgan fingerprint density at radius 2 is 1.94 bits per heavy atom. The largest absolute Gasteiger partial charge is 0.371 e. The molecule has 0 bridgehead atoms. The van der Waals surface area contributed by atoms with Gasteiger partial charge in [-0.05, 0) is 54.0 Å². The zero-order valence-electron chi connectivity index (χ0n) is 19.9. The first-order valence-electron chi connectivity index (χ1n) is 11.7. The van der Waals surface area contributed by atoms with Crippen LogP contribution in [-0.2, 0) is 13.6 Å². The van der Waals surface area contributed by atoms with Crippen molar-refractivity contribution in [1.29, 1.82) is 0 Å². The van der Waals surface area contributed by atoms with Crippen LogP contribution >= 0.6 is 0 Å². The standard InChI is InChI=1S/C26H32N6O/c1-26(2,3)17-6-5-11-32(15-17)19-9-7-18(8-10-19)30-24-23-21(13-29-25(23)33)20(12-28-24)22-14-27-16-31(22)4/h7-10,12,14,16-17H,5-6,11,13,15H2,1-4H3,(H,28,30)(H,29,33)/t17-/m0/s1. The van der Waals surface area contributed by atoms with E-state index in [0.29, 0.717) is 29.3 Å². The summed E-state index contributed by atoms with van der Waals surface area (Å²) in [5, 5.41) is 6.32. The zero-order chi connectivity index (χ0) is 23.2. The van der Waals surface area contributed by atoms with Gasteiger partial charge in [0.25, 0.3) is 5.91 Å². The number of piperidine rings is 1. The van der Waals surface area contributed by atoms with Crippen molar-refractivity contribution in [2.24, 2.45) is 18.4 Å². The second-order valence-corrected chi connectivity index (χ2v) is 10.3. The van der Waals surface area contributed by atoms with E-state index >= 15 is 0 Å². The third-order valence-electron chi connectivity index (χ3n) is 7.07. The lowest BCUT2D eigenvalue weighted by Crippen LogP contribution is -2.40. The summed E-state index contributed by atoms with van der Waals surface area (Å²) < 4.78 is 1.94. The van der Waals surface area contributed by atoms with Gasteiger partial charge < -0.3 is 20.1 Å². The Labute approximate surface area is 195 Å². The molecule has 2 aliphatic heterocycles. The number of pyridine rings is 1. The maximum Gasteiger partial charge on any atom is 0.255 e. The number of rotatable bonds is 4. The van der Waals surface area contributed by atoms with Gasteiger partial charge in [-0.15, -0.1) is 0 Å². The van der Waals surface area contributed by atoms with Crippen molar-refractivity contribution < 1.29 is 4.79 Å². The second-order valence-electron chi connectivity index (χ2n) is 10.3. The third-order valence-corrected chi connectivity index (χ3v) is 7.07. The van der Waals surface area contributed by atoms with E-state index in [-0.39, 0.29) is 5.91 Å². The van der Waals surface area contributed by atoms with Crippen molar-refractivity contribution in [2.75, 3.05) is 23.3 Å². The molecule has 1 atom stereocenters. The van der Waals surface area contributed by atoms with E-state index in [4.69, 9.17) is 0 Å². The molecule has 1 fully saturated rings. The van der Waals surface area contributed by atoms with E-state index in [1.54, 1.807) is 12.5 Å². The van der Waals surface area contributed by atoms with E-state index in [1.807, 2.05) is 17.8 Å². The van der Waals surface area contributed by atoms with Crippen LogP contribution in [0, 0.1) is 11.3 Å². The van der Waals surface area contributed by atoms with Crippen molar-refractivity contribution >= 4 is 23.1 Å². The second kappa shape index (κ2) is 8.21. The molecule has 0 spiro atoms. The molecule has 0 saturated carbocycles. The van der Waals surface area contributed by atoms with Gasteiger partial charge in [0.1, 0.15) is 5.82 Å². The Kier molecular flexibility index (Phi) is 5.35. The summed E-state index contributed by atoms with van der Waals surface area (Å²) in [7, 11) is 1.94. The molecule has 33 heavy (non-hydrogen) atoms. The van der Waals surface area contributed by atoms with Gasteiger partial charge in [-0.2, -0.15) is 0 Å². The highest BCUT2D eigenvalue weighted by Crippen LogP contribution is 2.36. The summed E-state index contributed by atoms with van der Waals surface area (Å²) >= 11 is 0. The van der Waals surface area contributed by atoms with E-state index in [9.17, 15) is 4.79 Å². The van der Waals surface area contributed by atoms with Crippen LogP contribution in [0.4, 0.5) is 17.2 Å². The molecule has 1 amide bonds. The van der Waals surface area contributed by atoms with Crippen LogP contribution in [0.1, 0.15) is 49.5 Å². The predicted molar refractivity (Wildman–Crippen MR) is 132 cm³/mol. The number of imidazole rings is 1. The van der Waals surface area contributed by atoms with Gasteiger partial charge >= 0.3 is 0 Å². The number of aryl methyl sites for hydroxylation is 1. The molecule has 0 unspecified atom stereocenters. The van der Waals surface area contributed by atoms with Crippen molar-refractivity contribution in [2.45, 2.75) is 40.2 Å². The number of carbonyl (C=O) groups is 1. The van der Waals surface area contributed by atoms with Gasteiger partial charge in [0.15, 0.2) is 0 Å². The van der Waals surface area contributed by atoms with Crippen LogP contribution in [-0.4, -0.2) is 33.5 Å². The van der Waals surface area contributed by atoms with Crippen LogP contribution in [0.2, 0.25) is 0 Å². The maximum absolute atomic E-state index is 12.6. The molecule has 1 aromatic carbocycles. The van der Waals surface area contributed by atoms with Gasteiger partial charge in [0.05, 0.1) is 23.8 Å². The summed E-state index contributed by atoms with van der Waals surface area (Å²) in [6.45, 7) is 9.72. The summed E-state index contributed by atoms with van der Waals surface area (Å²) in [6, 6.07) is 8.48. The number of nitrogens with zero attached hydrogens (tertiary/aromatic N) is 4. The molecule has 0 aliphatic carbocycles. The summed E-state index contributed by atoms with van der Waals surface area (Å²) in [6.07, 6.45) is 7.92. The minimum absolute atomic E-state index is 0.0952. The first-order chi connectivity index (χ1) is 15.8. The monoisotopic (exact) mass is 444 g/mol. The minimum atomic E-state index is -0.0952. The van der Waals surface area contributed by atoms with Crippen molar-refractivity contribution in [3.63, 3.8) is 0 Å². The lowest BCUT2D eigenvalue weighted by atomic mass is 9.76. The number of carbonyl (C=O) groups excluding carboxylic acids is 1. The molecule has 3 aromatic rings.